The van der Waals surface area contributed by atoms with Gasteiger partial charge >= 0.3 is 0 Å². The molecule has 1 heterocycles. The monoisotopic (exact) mass is 273 g/mol. The number of rotatable bonds is 6. The van der Waals surface area contributed by atoms with Crippen molar-refractivity contribution in [2.24, 2.45) is 5.41 Å². The van der Waals surface area contributed by atoms with Crippen LogP contribution in [0.5, 0.6) is 0 Å². The molecule has 1 aliphatic heterocycles. The van der Waals surface area contributed by atoms with E-state index in [-0.39, 0.29) is 11.3 Å². The molecule has 1 aromatic rings. The standard InChI is InChI=1S/C17H23NO2/c1-2-17(10-6-12-19)11-9-16(20)18(14-17)13-15-7-4-3-5-8-15/h3-5,7-8,12H,2,6,9-11,13-14H2,1H3. The Labute approximate surface area is 121 Å². The molecule has 20 heavy (non-hydrogen) atoms. The highest BCUT2D eigenvalue weighted by Crippen LogP contribution is 2.38. The summed E-state index contributed by atoms with van der Waals surface area (Å²) in [4.78, 5) is 24.8. The van der Waals surface area contributed by atoms with Crippen molar-refractivity contribution in [1.82, 2.24) is 4.90 Å². The Morgan fingerprint density at radius 1 is 1.30 bits per heavy atom. The minimum atomic E-state index is 0.129. The number of hydrogen-bond acceptors (Lipinski definition) is 2. The Bertz CT molecular complexity index is 453. The molecule has 0 N–H and O–H groups in total. The SMILES string of the molecule is CCC1(CCC=O)CCC(=O)N(Cc2ccccc2)C1. The van der Waals surface area contributed by atoms with Gasteiger partial charge in [-0.25, -0.2) is 0 Å². The number of carbonyl (C=O) groups excluding carboxylic acids is 2. The topological polar surface area (TPSA) is 37.4 Å². The number of amides is 1. The van der Waals surface area contributed by atoms with Crippen LogP contribution in [-0.2, 0) is 16.1 Å². The molecule has 0 bridgehead atoms. The second kappa shape index (κ2) is 6.69. The maximum absolute atomic E-state index is 12.1. The first-order valence-electron chi connectivity index (χ1n) is 7.44. The van der Waals surface area contributed by atoms with E-state index in [4.69, 9.17) is 0 Å². The quantitative estimate of drug-likeness (QED) is 0.746. The predicted octanol–water partition coefficient (Wildman–Crippen LogP) is 3.18. The largest absolute Gasteiger partial charge is 0.338 e. The van der Waals surface area contributed by atoms with Gasteiger partial charge in [-0.15, -0.1) is 0 Å². The van der Waals surface area contributed by atoms with Gasteiger partial charge in [0.1, 0.15) is 6.29 Å². The van der Waals surface area contributed by atoms with E-state index in [2.05, 4.69) is 19.1 Å². The first-order valence-corrected chi connectivity index (χ1v) is 7.44. The van der Waals surface area contributed by atoms with E-state index < -0.39 is 0 Å². The second-order valence-corrected chi connectivity index (χ2v) is 5.79. The summed E-state index contributed by atoms with van der Waals surface area (Å²) in [6.45, 7) is 3.63. The molecule has 3 nitrogen and oxygen atoms in total. The lowest BCUT2D eigenvalue weighted by atomic mass is 9.74. The summed E-state index contributed by atoms with van der Waals surface area (Å²) in [7, 11) is 0. The minimum absolute atomic E-state index is 0.129. The van der Waals surface area contributed by atoms with Gasteiger partial charge in [0.25, 0.3) is 0 Å². The molecule has 0 spiro atoms. The van der Waals surface area contributed by atoms with Gasteiger partial charge in [-0.3, -0.25) is 4.79 Å². The molecule has 108 valence electrons. The Morgan fingerprint density at radius 2 is 2.05 bits per heavy atom. The van der Waals surface area contributed by atoms with Gasteiger partial charge in [-0.05, 0) is 30.2 Å². The molecule has 1 aromatic carbocycles. The highest BCUT2D eigenvalue weighted by Gasteiger charge is 2.36. The van der Waals surface area contributed by atoms with Crippen LogP contribution in [0.25, 0.3) is 0 Å². The summed E-state index contributed by atoms with van der Waals surface area (Å²) in [5.74, 6) is 0.240. The van der Waals surface area contributed by atoms with Crippen LogP contribution in [0.15, 0.2) is 30.3 Å². The first-order chi connectivity index (χ1) is 9.69. The van der Waals surface area contributed by atoms with Crippen LogP contribution >= 0.6 is 0 Å². The summed E-state index contributed by atoms with van der Waals surface area (Å²) < 4.78 is 0. The fourth-order valence-electron chi connectivity index (χ4n) is 3.08. The lowest BCUT2D eigenvalue weighted by molar-refractivity contribution is -0.138. The number of aldehydes is 1. The zero-order valence-corrected chi connectivity index (χ0v) is 12.2. The molecule has 1 saturated heterocycles. The van der Waals surface area contributed by atoms with E-state index in [0.717, 1.165) is 32.1 Å². The fraction of sp³-hybridized carbons (Fsp3) is 0.529. The highest BCUT2D eigenvalue weighted by atomic mass is 16.2. The van der Waals surface area contributed by atoms with Crippen LogP contribution in [0.1, 0.15) is 44.6 Å². The molecule has 1 atom stereocenters. The van der Waals surface area contributed by atoms with Crippen LogP contribution in [0.4, 0.5) is 0 Å². The maximum atomic E-state index is 12.1. The van der Waals surface area contributed by atoms with Gasteiger partial charge in [0.15, 0.2) is 0 Å². The molecule has 3 heteroatoms. The van der Waals surface area contributed by atoms with Crippen molar-refractivity contribution in [2.75, 3.05) is 6.54 Å². The Balaban J connectivity index is 2.07. The van der Waals surface area contributed by atoms with E-state index in [0.29, 0.717) is 19.4 Å². The van der Waals surface area contributed by atoms with Crippen LogP contribution < -0.4 is 0 Å². The zero-order valence-electron chi connectivity index (χ0n) is 12.2. The van der Waals surface area contributed by atoms with Crippen molar-refractivity contribution in [2.45, 2.75) is 45.6 Å². The number of piperidine rings is 1. The van der Waals surface area contributed by atoms with Crippen molar-refractivity contribution < 1.29 is 9.59 Å². The summed E-state index contributed by atoms with van der Waals surface area (Å²) in [6.07, 6.45) is 5.04. The van der Waals surface area contributed by atoms with Gasteiger partial charge in [-0.1, -0.05) is 37.3 Å². The zero-order chi connectivity index (χ0) is 14.4. The lowest BCUT2D eigenvalue weighted by Crippen LogP contribution is -2.45. The number of carbonyl (C=O) groups is 2. The average molecular weight is 273 g/mol. The van der Waals surface area contributed by atoms with Crippen molar-refractivity contribution in [3.05, 3.63) is 35.9 Å². The van der Waals surface area contributed by atoms with Crippen LogP contribution in [-0.4, -0.2) is 23.6 Å². The second-order valence-electron chi connectivity index (χ2n) is 5.79. The number of nitrogens with zero attached hydrogens (tertiary/aromatic N) is 1. The summed E-state index contributed by atoms with van der Waals surface area (Å²) in [5, 5.41) is 0. The van der Waals surface area contributed by atoms with Crippen molar-refractivity contribution in [3.8, 4) is 0 Å². The fourth-order valence-corrected chi connectivity index (χ4v) is 3.08. The Kier molecular flexibility index (Phi) is 4.94. The lowest BCUT2D eigenvalue weighted by Gasteiger charge is -2.42. The molecule has 1 aliphatic rings. The van der Waals surface area contributed by atoms with Crippen LogP contribution in [0, 0.1) is 5.41 Å². The highest BCUT2D eigenvalue weighted by molar-refractivity contribution is 5.77. The maximum Gasteiger partial charge on any atom is 0.222 e. The number of benzene rings is 1. The molecule has 1 unspecified atom stereocenters. The molecular formula is C17H23NO2. The van der Waals surface area contributed by atoms with Crippen LogP contribution in [0.2, 0.25) is 0 Å². The third kappa shape index (κ3) is 3.47. The van der Waals surface area contributed by atoms with E-state index in [1.54, 1.807) is 0 Å². The van der Waals surface area contributed by atoms with E-state index >= 15 is 0 Å². The van der Waals surface area contributed by atoms with Crippen LogP contribution in [0.3, 0.4) is 0 Å². The van der Waals surface area contributed by atoms with Crippen molar-refractivity contribution in [3.63, 3.8) is 0 Å². The molecule has 0 radical (unpaired) electrons. The molecular weight excluding hydrogens is 250 g/mol. The van der Waals surface area contributed by atoms with Gasteiger partial charge in [0, 0.05) is 25.9 Å². The molecule has 0 saturated carbocycles. The van der Waals surface area contributed by atoms with Gasteiger partial charge < -0.3 is 9.69 Å². The van der Waals surface area contributed by atoms with Crippen molar-refractivity contribution in [1.29, 1.82) is 0 Å². The average Bonchev–Trinajstić information content (AvgIpc) is 2.49. The van der Waals surface area contributed by atoms with E-state index in [9.17, 15) is 9.59 Å². The normalized spacial score (nSPS) is 22.9. The molecule has 0 aliphatic carbocycles. The Hall–Kier alpha value is -1.64. The number of likely N-dealkylation sites (tertiary alicyclic amines) is 1. The molecule has 2 rings (SSSR count). The van der Waals surface area contributed by atoms with E-state index in [1.807, 2.05) is 23.1 Å². The first kappa shape index (κ1) is 14.8. The minimum Gasteiger partial charge on any atom is -0.338 e. The van der Waals surface area contributed by atoms with Gasteiger partial charge in [0.05, 0.1) is 0 Å². The number of hydrogen-bond donors (Lipinski definition) is 0. The molecule has 1 amide bonds. The summed E-state index contributed by atoms with van der Waals surface area (Å²) >= 11 is 0. The van der Waals surface area contributed by atoms with Gasteiger partial charge in [0.2, 0.25) is 5.91 Å². The third-order valence-corrected chi connectivity index (χ3v) is 4.51. The Morgan fingerprint density at radius 3 is 2.70 bits per heavy atom. The third-order valence-electron chi connectivity index (χ3n) is 4.51. The van der Waals surface area contributed by atoms with Gasteiger partial charge in [-0.2, -0.15) is 0 Å². The smallest absolute Gasteiger partial charge is 0.222 e. The van der Waals surface area contributed by atoms with Crippen molar-refractivity contribution >= 4 is 12.2 Å². The predicted molar refractivity (Wildman–Crippen MR) is 79.1 cm³/mol. The van der Waals surface area contributed by atoms with E-state index in [1.165, 1.54) is 5.56 Å². The summed E-state index contributed by atoms with van der Waals surface area (Å²) in [5.41, 5.74) is 1.30. The summed E-state index contributed by atoms with van der Waals surface area (Å²) in [6, 6.07) is 10.1. The molecule has 0 aromatic heterocycles. The molecule has 1 fully saturated rings.